The fourth-order valence-corrected chi connectivity index (χ4v) is 4.25. The molecular formula is C25H34N4O4S. The Morgan fingerprint density at radius 1 is 1.18 bits per heavy atom. The van der Waals surface area contributed by atoms with Gasteiger partial charge in [0, 0.05) is 48.3 Å². The lowest BCUT2D eigenvalue weighted by Gasteiger charge is -2.33. The quantitative estimate of drug-likeness (QED) is 0.365. The zero-order chi connectivity index (χ0) is 24.7. The van der Waals surface area contributed by atoms with Gasteiger partial charge in [-0.1, -0.05) is 32.9 Å². The number of nitrogens with zero attached hydrogens (tertiary/aromatic N) is 2. The van der Waals surface area contributed by atoms with Crippen LogP contribution in [0.4, 0.5) is 11.4 Å². The van der Waals surface area contributed by atoms with Crippen LogP contribution < -0.4 is 10.2 Å². The van der Waals surface area contributed by atoms with Crippen LogP contribution in [0.3, 0.4) is 0 Å². The molecule has 2 aromatic carbocycles. The third-order valence-electron chi connectivity index (χ3n) is 5.67. The number of aromatic amines is 1. The monoisotopic (exact) mass is 486 g/mol. The molecule has 9 heteroatoms. The molecule has 1 atom stereocenters. The van der Waals surface area contributed by atoms with Crippen molar-refractivity contribution in [1.82, 2.24) is 10.2 Å². The average Bonchev–Trinajstić information content (AvgIpc) is 3.33. The molecule has 4 N–H and O–H groups in total. The molecule has 1 aliphatic heterocycles. The summed E-state index contributed by atoms with van der Waals surface area (Å²) in [5.41, 5.74) is 4.90. The van der Waals surface area contributed by atoms with Gasteiger partial charge in [-0.3, -0.25) is 9.65 Å². The number of anilines is 2. The van der Waals surface area contributed by atoms with Crippen LogP contribution in [0.1, 0.15) is 50.0 Å². The van der Waals surface area contributed by atoms with Crippen LogP contribution in [0.25, 0.3) is 0 Å². The van der Waals surface area contributed by atoms with Gasteiger partial charge in [-0.05, 0) is 54.7 Å². The Morgan fingerprint density at radius 3 is 2.50 bits per heavy atom. The van der Waals surface area contributed by atoms with Gasteiger partial charge in [0.05, 0.1) is 17.2 Å². The molecule has 0 fully saturated rings. The maximum absolute atomic E-state index is 11.2. The number of H-pyrrole nitrogens is 1. The van der Waals surface area contributed by atoms with Gasteiger partial charge in [0.1, 0.15) is 0 Å². The Bertz CT molecular complexity index is 1150. The number of fused-ring (bicyclic) bond motifs is 1. The number of rotatable bonds is 7. The van der Waals surface area contributed by atoms with Crippen molar-refractivity contribution >= 4 is 21.5 Å². The number of nitrogens with one attached hydrogen (secondary N) is 2. The largest absolute Gasteiger partial charge is 0.388 e. The summed E-state index contributed by atoms with van der Waals surface area (Å²) in [4.78, 5) is 1.84. The molecule has 0 aliphatic carbocycles. The lowest BCUT2D eigenvalue weighted by atomic mass is 9.98. The SMILES string of the molecule is CCc1ccc(NCC(C)C)cc1.O=S(=O)(O)c1ccc2c(c1)C(O)CCN2Cc1cn[nH]c1. The molecule has 2 heterocycles. The molecule has 0 radical (unpaired) electrons. The van der Waals surface area contributed by atoms with Crippen LogP contribution in [0.2, 0.25) is 0 Å². The summed E-state index contributed by atoms with van der Waals surface area (Å²) in [7, 11) is -4.27. The Hall–Kier alpha value is -2.88. The topological polar surface area (TPSA) is 119 Å². The Balaban J connectivity index is 0.000000215. The van der Waals surface area contributed by atoms with Crippen LogP contribution in [-0.2, 0) is 23.1 Å². The Morgan fingerprint density at radius 2 is 1.91 bits per heavy atom. The van der Waals surface area contributed by atoms with E-state index in [0.29, 0.717) is 31.0 Å². The van der Waals surface area contributed by atoms with E-state index in [0.717, 1.165) is 24.2 Å². The van der Waals surface area contributed by atoms with E-state index in [1.807, 2.05) is 4.90 Å². The summed E-state index contributed by atoms with van der Waals surface area (Å²) in [5.74, 6) is 0.700. The van der Waals surface area contributed by atoms with E-state index in [-0.39, 0.29) is 4.90 Å². The minimum Gasteiger partial charge on any atom is -0.388 e. The first kappa shape index (κ1) is 25.7. The molecule has 0 spiro atoms. The number of hydrogen-bond donors (Lipinski definition) is 4. The van der Waals surface area contributed by atoms with Gasteiger partial charge in [-0.25, -0.2) is 0 Å². The van der Waals surface area contributed by atoms with Crippen LogP contribution in [0.5, 0.6) is 0 Å². The summed E-state index contributed by atoms with van der Waals surface area (Å²) in [6.07, 6.45) is 4.39. The molecule has 0 amide bonds. The van der Waals surface area contributed by atoms with E-state index in [1.165, 1.54) is 23.4 Å². The van der Waals surface area contributed by atoms with E-state index in [2.05, 4.69) is 60.6 Å². The number of aliphatic hydroxyl groups is 1. The molecular weight excluding hydrogens is 452 g/mol. The van der Waals surface area contributed by atoms with E-state index >= 15 is 0 Å². The lowest BCUT2D eigenvalue weighted by Crippen LogP contribution is -2.30. The standard InChI is InChI=1S/C13H15N3O4S.C12H19N/c17-13-3-4-16(8-9-6-14-15-7-9)12-2-1-10(5-11(12)13)21(18,19)20;1-4-11-5-7-12(8-6-11)13-9-10(2)3/h1-2,5-7,13,17H,3-4,8H2,(H,14,15)(H,18,19,20);5-8,10,13H,4,9H2,1-3H3. The number of aliphatic hydroxyl groups excluding tert-OH is 1. The first-order chi connectivity index (χ1) is 16.2. The van der Waals surface area contributed by atoms with Crippen molar-refractivity contribution in [3.8, 4) is 0 Å². The Labute approximate surface area is 201 Å². The molecule has 0 bridgehead atoms. The minimum atomic E-state index is -4.27. The third-order valence-corrected chi connectivity index (χ3v) is 6.52. The smallest absolute Gasteiger partial charge is 0.294 e. The molecule has 0 saturated heterocycles. The molecule has 3 aromatic rings. The summed E-state index contributed by atoms with van der Waals surface area (Å²) in [6, 6.07) is 13.0. The minimum absolute atomic E-state index is 0.203. The number of aromatic nitrogens is 2. The average molecular weight is 487 g/mol. The van der Waals surface area contributed by atoms with Gasteiger partial charge in [-0.15, -0.1) is 0 Å². The van der Waals surface area contributed by atoms with E-state index in [9.17, 15) is 13.5 Å². The first-order valence-electron chi connectivity index (χ1n) is 11.5. The molecule has 1 unspecified atom stereocenters. The van der Waals surface area contributed by atoms with Gasteiger partial charge < -0.3 is 15.3 Å². The summed E-state index contributed by atoms with van der Waals surface area (Å²) in [5, 5.41) is 20.1. The van der Waals surface area contributed by atoms with Gasteiger partial charge in [0.25, 0.3) is 10.1 Å². The van der Waals surface area contributed by atoms with Gasteiger partial charge in [0.2, 0.25) is 0 Å². The normalized spacial score (nSPS) is 15.5. The maximum Gasteiger partial charge on any atom is 0.294 e. The number of aryl methyl sites for hydroxylation is 1. The predicted octanol–water partition coefficient (Wildman–Crippen LogP) is 4.42. The van der Waals surface area contributed by atoms with Gasteiger partial charge >= 0.3 is 0 Å². The van der Waals surface area contributed by atoms with Crippen LogP contribution in [-0.4, -0.2) is 41.4 Å². The fourth-order valence-electron chi connectivity index (χ4n) is 3.73. The van der Waals surface area contributed by atoms with Crippen molar-refractivity contribution < 1.29 is 18.1 Å². The van der Waals surface area contributed by atoms with Crippen molar-refractivity contribution in [3.63, 3.8) is 0 Å². The highest BCUT2D eigenvalue weighted by molar-refractivity contribution is 7.85. The first-order valence-corrected chi connectivity index (χ1v) is 13.0. The van der Waals surface area contributed by atoms with Crippen molar-refractivity contribution in [2.75, 3.05) is 23.3 Å². The van der Waals surface area contributed by atoms with Crippen LogP contribution in [0, 0.1) is 5.92 Å². The highest BCUT2D eigenvalue weighted by Gasteiger charge is 2.25. The Kier molecular flexibility index (Phi) is 8.71. The third kappa shape index (κ3) is 7.06. The molecule has 34 heavy (non-hydrogen) atoms. The molecule has 184 valence electrons. The summed E-state index contributed by atoms with van der Waals surface area (Å²) >= 11 is 0. The number of hydrogen-bond acceptors (Lipinski definition) is 6. The van der Waals surface area contributed by atoms with Gasteiger partial charge in [0.15, 0.2) is 0 Å². The van der Waals surface area contributed by atoms with Crippen LogP contribution in [0.15, 0.2) is 59.8 Å². The van der Waals surface area contributed by atoms with Crippen molar-refractivity contribution in [2.24, 2.45) is 5.92 Å². The lowest BCUT2D eigenvalue weighted by molar-refractivity contribution is 0.163. The van der Waals surface area contributed by atoms with Crippen molar-refractivity contribution in [2.45, 2.75) is 51.2 Å². The molecule has 1 aromatic heterocycles. The summed E-state index contributed by atoms with van der Waals surface area (Å²) in [6.45, 7) is 8.93. The maximum atomic E-state index is 11.2. The number of benzene rings is 2. The van der Waals surface area contributed by atoms with Crippen LogP contribution >= 0.6 is 0 Å². The molecule has 4 rings (SSSR count). The zero-order valence-electron chi connectivity index (χ0n) is 19.9. The molecule has 1 aliphatic rings. The summed E-state index contributed by atoms with van der Waals surface area (Å²) < 4.78 is 31.5. The van der Waals surface area contributed by atoms with Crippen molar-refractivity contribution in [1.29, 1.82) is 0 Å². The van der Waals surface area contributed by atoms with E-state index < -0.39 is 16.2 Å². The second kappa shape index (κ2) is 11.5. The fraction of sp³-hybridized carbons (Fsp3) is 0.400. The highest BCUT2D eigenvalue weighted by Crippen LogP contribution is 2.36. The second-order valence-electron chi connectivity index (χ2n) is 8.85. The highest BCUT2D eigenvalue weighted by atomic mass is 32.2. The van der Waals surface area contributed by atoms with Gasteiger partial charge in [-0.2, -0.15) is 13.5 Å². The van der Waals surface area contributed by atoms with E-state index in [1.54, 1.807) is 18.5 Å². The van der Waals surface area contributed by atoms with E-state index in [4.69, 9.17) is 4.55 Å². The predicted molar refractivity (Wildman–Crippen MR) is 135 cm³/mol. The van der Waals surface area contributed by atoms with Crippen molar-refractivity contribution in [3.05, 3.63) is 71.5 Å². The second-order valence-corrected chi connectivity index (χ2v) is 10.3. The molecule has 0 saturated carbocycles. The zero-order valence-corrected chi connectivity index (χ0v) is 20.7. The molecule has 8 nitrogen and oxygen atoms in total.